The first kappa shape index (κ1) is 24.6. The molecule has 0 unspecified atom stereocenters. The molecule has 0 spiro atoms. The Morgan fingerprint density at radius 1 is 0.825 bits per heavy atom. The van der Waals surface area contributed by atoms with Gasteiger partial charge in [-0.15, -0.1) is 0 Å². The van der Waals surface area contributed by atoms with E-state index in [1.807, 2.05) is 54.6 Å². The molecule has 7 heteroatoms. The third-order valence-corrected chi connectivity index (χ3v) is 9.00. The maximum Gasteiger partial charge on any atom is 0.248 e. The van der Waals surface area contributed by atoms with E-state index in [9.17, 15) is 14.4 Å². The first-order valence-corrected chi connectivity index (χ1v) is 13.8. The van der Waals surface area contributed by atoms with Crippen LogP contribution in [0.4, 0.5) is 5.69 Å². The minimum absolute atomic E-state index is 0.111. The van der Waals surface area contributed by atoms with Crippen LogP contribution in [0.1, 0.15) is 12.0 Å². The Labute approximate surface area is 232 Å². The van der Waals surface area contributed by atoms with Crippen molar-refractivity contribution < 1.29 is 23.9 Å². The number of rotatable bonds is 8. The summed E-state index contributed by atoms with van der Waals surface area (Å²) in [5.41, 5.74) is 1.45. The fourth-order valence-electron chi connectivity index (χ4n) is 7.04. The van der Waals surface area contributed by atoms with Crippen molar-refractivity contribution in [2.24, 2.45) is 35.5 Å². The molecule has 4 aliphatic carbocycles. The summed E-state index contributed by atoms with van der Waals surface area (Å²) in [6.45, 7) is 0. The van der Waals surface area contributed by atoms with E-state index in [1.165, 1.54) is 4.90 Å². The number of amides is 3. The standard InChI is InChI=1S/C33H30N2O5/c1-39-21-11-13-23(14-12-21)40-22-9-7-20(8-10-22)34-31(36)28(17-19-5-3-2-4-6-19)35-32(37)29-24-15-16-25(27-18-26(24)27)30(29)33(35)38/h2-16,24-30H,17-18H2,1H3,(H,34,36)/t24-,25-,26-,27+,28-,29+,30-/m1/s1. The molecule has 7 atom stereocenters. The van der Waals surface area contributed by atoms with E-state index in [0.29, 0.717) is 29.0 Å². The SMILES string of the molecule is COc1ccc(Oc2ccc(NC(=O)[C@@H](Cc3ccccc3)N3C(=O)[C@@H]4[C@@H]5C=C[C@H]([C@H]6C[C@@H]56)[C@@H]4C3=O)cc2)cc1. The maximum atomic E-state index is 13.8. The van der Waals surface area contributed by atoms with Crippen molar-refractivity contribution in [3.05, 3.63) is 96.6 Å². The number of anilines is 1. The third-order valence-electron chi connectivity index (χ3n) is 9.00. The topological polar surface area (TPSA) is 84.9 Å². The van der Waals surface area contributed by atoms with Gasteiger partial charge in [-0.25, -0.2) is 0 Å². The molecule has 8 rings (SSSR count). The minimum atomic E-state index is -0.932. The first-order chi connectivity index (χ1) is 19.5. The Bertz CT molecular complexity index is 1450. The molecule has 1 aliphatic heterocycles. The van der Waals surface area contributed by atoms with Gasteiger partial charge in [0.2, 0.25) is 17.7 Å². The third kappa shape index (κ3) is 4.17. The van der Waals surface area contributed by atoms with E-state index >= 15 is 0 Å². The number of methoxy groups -OCH3 is 1. The Morgan fingerprint density at radius 2 is 1.38 bits per heavy atom. The van der Waals surface area contributed by atoms with Crippen LogP contribution in [0.3, 0.4) is 0 Å². The molecule has 3 aromatic carbocycles. The fraction of sp³-hybridized carbons (Fsp3) is 0.303. The van der Waals surface area contributed by atoms with Crippen molar-refractivity contribution in [1.29, 1.82) is 0 Å². The van der Waals surface area contributed by atoms with Crippen LogP contribution in [-0.4, -0.2) is 35.8 Å². The number of nitrogens with zero attached hydrogens (tertiary/aromatic N) is 1. The van der Waals surface area contributed by atoms with Gasteiger partial charge in [-0.1, -0.05) is 42.5 Å². The molecule has 7 nitrogen and oxygen atoms in total. The zero-order valence-corrected chi connectivity index (χ0v) is 22.1. The average Bonchev–Trinajstić information content (AvgIpc) is 3.77. The highest BCUT2D eigenvalue weighted by Gasteiger charge is 2.67. The van der Waals surface area contributed by atoms with E-state index in [1.54, 1.807) is 31.4 Å². The summed E-state index contributed by atoms with van der Waals surface area (Å²) in [6, 6.07) is 22.9. The van der Waals surface area contributed by atoms with Crippen LogP contribution in [0, 0.1) is 35.5 Å². The van der Waals surface area contributed by atoms with Gasteiger partial charge in [0.1, 0.15) is 23.3 Å². The molecule has 5 aliphatic rings. The van der Waals surface area contributed by atoms with Crippen LogP contribution in [0.2, 0.25) is 0 Å². The maximum absolute atomic E-state index is 13.8. The molecule has 1 N–H and O–H groups in total. The second-order valence-electron chi connectivity index (χ2n) is 11.2. The fourth-order valence-corrected chi connectivity index (χ4v) is 7.04. The van der Waals surface area contributed by atoms with Crippen LogP contribution in [0.15, 0.2) is 91.0 Å². The number of ether oxygens (including phenoxy) is 2. The van der Waals surface area contributed by atoms with E-state index < -0.39 is 6.04 Å². The van der Waals surface area contributed by atoms with E-state index in [4.69, 9.17) is 9.47 Å². The first-order valence-electron chi connectivity index (χ1n) is 13.8. The molecule has 1 heterocycles. The van der Waals surface area contributed by atoms with Crippen molar-refractivity contribution in [1.82, 2.24) is 4.90 Å². The van der Waals surface area contributed by atoms with Gasteiger partial charge in [0.15, 0.2) is 0 Å². The van der Waals surface area contributed by atoms with Gasteiger partial charge < -0.3 is 14.8 Å². The van der Waals surface area contributed by atoms with E-state index in [0.717, 1.165) is 17.7 Å². The van der Waals surface area contributed by atoms with Gasteiger partial charge in [0, 0.05) is 12.1 Å². The Hall–Kier alpha value is -4.39. The minimum Gasteiger partial charge on any atom is -0.497 e. The Kier molecular flexibility index (Phi) is 5.95. The van der Waals surface area contributed by atoms with Crippen molar-refractivity contribution in [3.8, 4) is 17.2 Å². The number of hydrogen-bond acceptors (Lipinski definition) is 5. The number of hydrogen-bond donors (Lipinski definition) is 1. The molecule has 2 bridgehead atoms. The number of carbonyl (C=O) groups is 3. The molecule has 40 heavy (non-hydrogen) atoms. The van der Waals surface area contributed by atoms with Crippen LogP contribution >= 0.6 is 0 Å². The zero-order chi connectivity index (χ0) is 27.4. The molecule has 2 saturated carbocycles. The van der Waals surface area contributed by atoms with Crippen molar-refractivity contribution in [2.75, 3.05) is 12.4 Å². The number of likely N-dealkylation sites (tertiary alicyclic amines) is 1. The molecule has 202 valence electrons. The Balaban J connectivity index is 1.11. The molecule has 3 fully saturated rings. The van der Waals surface area contributed by atoms with E-state index in [2.05, 4.69) is 17.5 Å². The molecule has 1 saturated heterocycles. The molecular weight excluding hydrogens is 504 g/mol. The summed E-state index contributed by atoms with van der Waals surface area (Å²) in [4.78, 5) is 42.7. The van der Waals surface area contributed by atoms with Crippen LogP contribution in [0.5, 0.6) is 17.2 Å². The van der Waals surface area contributed by atoms with Crippen molar-refractivity contribution >= 4 is 23.4 Å². The summed E-state index contributed by atoms with van der Waals surface area (Å²) >= 11 is 0. The molecule has 3 aromatic rings. The number of benzene rings is 3. The van der Waals surface area contributed by atoms with Crippen molar-refractivity contribution in [3.63, 3.8) is 0 Å². The monoisotopic (exact) mass is 534 g/mol. The quantitative estimate of drug-likeness (QED) is 0.322. The summed E-state index contributed by atoms with van der Waals surface area (Å²) < 4.78 is 11.1. The molecule has 0 radical (unpaired) electrons. The lowest BCUT2D eigenvalue weighted by Gasteiger charge is -2.37. The second kappa shape index (κ2) is 9.66. The molecular formula is C33H30N2O5. The van der Waals surface area contributed by atoms with Gasteiger partial charge in [-0.2, -0.15) is 0 Å². The zero-order valence-electron chi connectivity index (χ0n) is 22.1. The highest BCUT2D eigenvalue weighted by atomic mass is 16.5. The van der Waals surface area contributed by atoms with Gasteiger partial charge >= 0.3 is 0 Å². The van der Waals surface area contributed by atoms with Crippen LogP contribution in [-0.2, 0) is 20.8 Å². The number of carbonyl (C=O) groups excluding carboxylic acids is 3. The summed E-state index contributed by atoms with van der Waals surface area (Å²) in [7, 11) is 1.61. The molecule has 0 aromatic heterocycles. The van der Waals surface area contributed by atoms with Gasteiger partial charge in [0.25, 0.3) is 0 Å². The normalized spacial score (nSPS) is 28.1. The average molecular weight is 535 g/mol. The lowest BCUT2D eigenvalue weighted by Crippen LogP contribution is -2.49. The number of nitrogens with one attached hydrogen (secondary N) is 1. The summed E-state index contributed by atoms with van der Waals surface area (Å²) in [6.07, 6.45) is 5.66. The Morgan fingerprint density at radius 3 is 1.95 bits per heavy atom. The summed E-state index contributed by atoms with van der Waals surface area (Å²) in [5, 5.41) is 2.95. The van der Waals surface area contributed by atoms with Crippen molar-refractivity contribution in [2.45, 2.75) is 18.9 Å². The van der Waals surface area contributed by atoms with Gasteiger partial charge in [-0.05, 0) is 84.2 Å². The van der Waals surface area contributed by atoms with Crippen LogP contribution < -0.4 is 14.8 Å². The van der Waals surface area contributed by atoms with E-state index in [-0.39, 0.29) is 47.8 Å². The van der Waals surface area contributed by atoms with Gasteiger partial charge in [0.05, 0.1) is 18.9 Å². The lowest BCUT2D eigenvalue weighted by molar-refractivity contribution is -0.146. The highest BCUT2D eigenvalue weighted by Crippen LogP contribution is 2.65. The predicted molar refractivity (Wildman–Crippen MR) is 149 cm³/mol. The summed E-state index contributed by atoms with van der Waals surface area (Å²) in [5.74, 6) is 1.80. The lowest BCUT2D eigenvalue weighted by atomic mass is 9.63. The highest BCUT2D eigenvalue weighted by molar-refractivity contribution is 6.10. The molecule has 3 amide bonds. The predicted octanol–water partition coefficient (Wildman–Crippen LogP) is 5.09. The second-order valence-corrected chi connectivity index (χ2v) is 11.2. The van der Waals surface area contributed by atoms with Gasteiger partial charge in [-0.3, -0.25) is 19.3 Å². The number of imide groups is 1. The largest absolute Gasteiger partial charge is 0.497 e. The smallest absolute Gasteiger partial charge is 0.248 e. The number of allylic oxidation sites excluding steroid dienone is 2. The van der Waals surface area contributed by atoms with Crippen LogP contribution in [0.25, 0.3) is 0 Å².